The third-order valence-electron chi connectivity index (χ3n) is 2.28. The van der Waals surface area contributed by atoms with Crippen molar-refractivity contribution in [3.63, 3.8) is 0 Å². The van der Waals surface area contributed by atoms with E-state index in [-0.39, 0.29) is 5.91 Å². The first-order valence-electron chi connectivity index (χ1n) is 5.33. The highest BCUT2D eigenvalue weighted by Crippen LogP contribution is 2.20. The standard InChI is InChI=1S/C12H12BrN3OS/c1-8-6-14-16-12(8)15-11(17)7-18-10-4-2-9(13)3-5-10/h2-6H,7H2,1H3,(H2,14,15,16,17). The fourth-order valence-corrected chi connectivity index (χ4v) is 2.29. The number of hydrogen-bond acceptors (Lipinski definition) is 3. The lowest BCUT2D eigenvalue weighted by Crippen LogP contribution is -2.14. The highest BCUT2D eigenvalue weighted by molar-refractivity contribution is 9.10. The Morgan fingerprint density at radius 3 is 2.78 bits per heavy atom. The number of amides is 1. The molecule has 2 aromatic rings. The van der Waals surface area contributed by atoms with Crippen LogP contribution in [0, 0.1) is 6.92 Å². The third kappa shape index (κ3) is 3.61. The lowest BCUT2D eigenvalue weighted by Gasteiger charge is -2.04. The molecule has 0 aliphatic rings. The van der Waals surface area contributed by atoms with Crippen LogP contribution in [0.2, 0.25) is 0 Å². The van der Waals surface area contributed by atoms with Crippen molar-refractivity contribution in [2.45, 2.75) is 11.8 Å². The molecule has 0 unspecified atom stereocenters. The summed E-state index contributed by atoms with van der Waals surface area (Å²) >= 11 is 4.87. The number of benzene rings is 1. The molecule has 1 aromatic carbocycles. The summed E-state index contributed by atoms with van der Waals surface area (Å²) in [5.74, 6) is 0.992. The number of thioether (sulfide) groups is 1. The van der Waals surface area contributed by atoms with Crippen molar-refractivity contribution in [1.29, 1.82) is 0 Å². The molecule has 0 bridgehead atoms. The second kappa shape index (κ2) is 6.06. The van der Waals surface area contributed by atoms with Gasteiger partial charge in [0.25, 0.3) is 0 Å². The number of aryl methyl sites for hydroxylation is 1. The fourth-order valence-electron chi connectivity index (χ4n) is 1.33. The van der Waals surface area contributed by atoms with Crippen molar-refractivity contribution in [3.8, 4) is 0 Å². The van der Waals surface area contributed by atoms with Crippen molar-refractivity contribution in [2.75, 3.05) is 11.1 Å². The summed E-state index contributed by atoms with van der Waals surface area (Å²) in [4.78, 5) is 12.8. The molecule has 2 rings (SSSR count). The van der Waals surface area contributed by atoms with Crippen LogP contribution in [0.4, 0.5) is 5.82 Å². The summed E-state index contributed by atoms with van der Waals surface area (Å²) in [6.07, 6.45) is 1.68. The van der Waals surface area contributed by atoms with Gasteiger partial charge < -0.3 is 5.32 Å². The van der Waals surface area contributed by atoms with Crippen molar-refractivity contribution in [2.24, 2.45) is 0 Å². The summed E-state index contributed by atoms with van der Waals surface area (Å²) in [5, 5.41) is 9.38. The first kappa shape index (κ1) is 13.2. The van der Waals surface area contributed by atoms with E-state index in [1.165, 1.54) is 11.8 Å². The first-order valence-corrected chi connectivity index (χ1v) is 7.11. The van der Waals surface area contributed by atoms with E-state index in [0.29, 0.717) is 11.6 Å². The Balaban J connectivity index is 1.85. The third-order valence-corrected chi connectivity index (χ3v) is 3.82. The molecule has 0 saturated heterocycles. The van der Waals surface area contributed by atoms with E-state index in [1.807, 2.05) is 31.2 Å². The monoisotopic (exact) mass is 325 g/mol. The smallest absolute Gasteiger partial charge is 0.235 e. The van der Waals surface area contributed by atoms with Gasteiger partial charge >= 0.3 is 0 Å². The summed E-state index contributed by atoms with van der Waals surface area (Å²) in [5.41, 5.74) is 0.928. The molecule has 94 valence electrons. The number of nitrogens with zero attached hydrogens (tertiary/aromatic N) is 1. The van der Waals surface area contributed by atoms with Gasteiger partial charge in [-0.2, -0.15) is 5.10 Å². The summed E-state index contributed by atoms with van der Waals surface area (Å²) in [6, 6.07) is 7.87. The molecule has 0 atom stereocenters. The number of hydrogen-bond donors (Lipinski definition) is 2. The molecular formula is C12H12BrN3OS. The molecule has 4 nitrogen and oxygen atoms in total. The van der Waals surface area contributed by atoms with E-state index in [2.05, 4.69) is 31.4 Å². The second-order valence-corrected chi connectivity index (χ2v) is 5.68. The van der Waals surface area contributed by atoms with Crippen molar-refractivity contribution < 1.29 is 4.79 Å². The number of aromatic amines is 1. The number of nitrogens with one attached hydrogen (secondary N) is 2. The minimum absolute atomic E-state index is 0.0460. The summed E-state index contributed by atoms with van der Waals surface area (Å²) in [7, 11) is 0. The Morgan fingerprint density at radius 2 is 2.17 bits per heavy atom. The lowest BCUT2D eigenvalue weighted by atomic mass is 10.4. The number of aromatic nitrogens is 2. The maximum Gasteiger partial charge on any atom is 0.235 e. The molecule has 2 N–H and O–H groups in total. The Kier molecular flexibility index (Phi) is 4.43. The highest BCUT2D eigenvalue weighted by atomic mass is 79.9. The van der Waals surface area contributed by atoms with E-state index >= 15 is 0 Å². The van der Waals surface area contributed by atoms with E-state index in [1.54, 1.807) is 6.20 Å². The van der Waals surface area contributed by atoms with Gasteiger partial charge in [-0.1, -0.05) is 15.9 Å². The van der Waals surface area contributed by atoms with Gasteiger partial charge in [0.15, 0.2) is 0 Å². The molecule has 0 aliphatic carbocycles. The molecule has 1 aromatic heterocycles. The van der Waals surface area contributed by atoms with Gasteiger partial charge in [-0.15, -0.1) is 11.8 Å². The first-order chi connectivity index (χ1) is 8.65. The van der Waals surface area contributed by atoms with Crippen LogP contribution in [0.1, 0.15) is 5.56 Å². The van der Waals surface area contributed by atoms with Gasteiger partial charge in [0.05, 0.1) is 11.9 Å². The van der Waals surface area contributed by atoms with Gasteiger partial charge in [-0.3, -0.25) is 9.89 Å². The molecule has 0 saturated carbocycles. The Labute approximate surface area is 118 Å². The number of carbonyl (C=O) groups excluding carboxylic acids is 1. The van der Waals surface area contributed by atoms with Crippen LogP contribution in [-0.4, -0.2) is 21.9 Å². The number of H-pyrrole nitrogens is 1. The fraction of sp³-hybridized carbons (Fsp3) is 0.167. The van der Waals surface area contributed by atoms with Gasteiger partial charge in [0.1, 0.15) is 5.82 Å². The molecule has 18 heavy (non-hydrogen) atoms. The summed E-state index contributed by atoms with van der Waals surface area (Å²) < 4.78 is 1.03. The predicted molar refractivity (Wildman–Crippen MR) is 76.8 cm³/mol. The molecule has 0 spiro atoms. The maximum atomic E-state index is 11.7. The molecule has 6 heteroatoms. The van der Waals surface area contributed by atoms with Crippen molar-refractivity contribution in [3.05, 3.63) is 40.5 Å². The van der Waals surface area contributed by atoms with E-state index in [9.17, 15) is 4.79 Å². The molecule has 0 aliphatic heterocycles. The number of carbonyl (C=O) groups is 1. The SMILES string of the molecule is Cc1cn[nH]c1NC(=O)CSc1ccc(Br)cc1. The minimum Gasteiger partial charge on any atom is -0.310 e. The van der Waals surface area contributed by atoms with Crippen LogP contribution < -0.4 is 5.32 Å². The van der Waals surface area contributed by atoms with Crippen LogP contribution in [0.3, 0.4) is 0 Å². The Bertz CT molecular complexity index is 539. The molecule has 1 heterocycles. The van der Waals surface area contributed by atoms with Crippen molar-refractivity contribution in [1.82, 2.24) is 10.2 Å². The van der Waals surface area contributed by atoms with Gasteiger partial charge in [0, 0.05) is 14.9 Å². The van der Waals surface area contributed by atoms with Crippen LogP contribution >= 0.6 is 27.7 Å². The number of anilines is 1. The van der Waals surface area contributed by atoms with Crippen LogP contribution in [-0.2, 0) is 4.79 Å². The van der Waals surface area contributed by atoms with E-state index in [0.717, 1.165) is 14.9 Å². The molecular weight excluding hydrogens is 314 g/mol. The molecule has 1 amide bonds. The predicted octanol–water partition coefficient (Wildman–Crippen LogP) is 3.21. The molecule has 0 fully saturated rings. The van der Waals surface area contributed by atoms with Crippen LogP contribution in [0.25, 0.3) is 0 Å². The zero-order valence-corrected chi connectivity index (χ0v) is 12.1. The van der Waals surface area contributed by atoms with E-state index < -0.39 is 0 Å². The largest absolute Gasteiger partial charge is 0.310 e. The topological polar surface area (TPSA) is 57.8 Å². The lowest BCUT2D eigenvalue weighted by molar-refractivity contribution is -0.113. The Hall–Kier alpha value is -1.27. The van der Waals surface area contributed by atoms with Gasteiger partial charge in [0.2, 0.25) is 5.91 Å². The van der Waals surface area contributed by atoms with Gasteiger partial charge in [-0.25, -0.2) is 0 Å². The molecule has 0 radical (unpaired) electrons. The van der Waals surface area contributed by atoms with Crippen LogP contribution in [0.15, 0.2) is 39.8 Å². The average molecular weight is 326 g/mol. The maximum absolute atomic E-state index is 11.7. The second-order valence-electron chi connectivity index (χ2n) is 3.72. The summed E-state index contributed by atoms with van der Waals surface area (Å²) in [6.45, 7) is 1.89. The number of halogens is 1. The minimum atomic E-state index is -0.0460. The average Bonchev–Trinajstić information content (AvgIpc) is 2.74. The van der Waals surface area contributed by atoms with Crippen LogP contribution in [0.5, 0.6) is 0 Å². The highest BCUT2D eigenvalue weighted by Gasteiger charge is 2.06. The number of rotatable bonds is 4. The van der Waals surface area contributed by atoms with E-state index in [4.69, 9.17) is 0 Å². The quantitative estimate of drug-likeness (QED) is 0.848. The van der Waals surface area contributed by atoms with Crippen molar-refractivity contribution >= 4 is 39.4 Å². The zero-order chi connectivity index (χ0) is 13.0. The zero-order valence-electron chi connectivity index (χ0n) is 9.74. The van der Waals surface area contributed by atoms with Gasteiger partial charge in [-0.05, 0) is 31.2 Å². The Morgan fingerprint density at radius 1 is 1.44 bits per heavy atom. The normalized spacial score (nSPS) is 10.3.